The van der Waals surface area contributed by atoms with Crippen molar-refractivity contribution >= 4 is 11.9 Å². The Kier molecular flexibility index (Phi) is 3.50. The summed E-state index contributed by atoms with van der Waals surface area (Å²) >= 11 is 0. The number of halogens is 1. The number of rotatable bonds is 3. The monoisotopic (exact) mass is 266 g/mol. The highest BCUT2D eigenvalue weighted by Gasteiger charge is 2.48. The molecule has 1 N–H and O–H groups in total. The van der Waals surface area contributed by atoms with Gasteiger partial charge < -0.3 is 10.0 Å². The highest BCUT2D eigenvalue weighted by atomic mass is 19.1. The van der Waals surface area contributed by atoms with E-state index in [4.69, 9.17) is 0 Å². The van der Waals surface area contributed by atoms with Crippen LogP contribution in [0.2, 0.25) is 0 Å². The van der Waals surface area contributed by atoms with Gasteiger partial charge in [-0.05, 0) is 31.4 Å². The first-order valence-corrected chi connectivity index (χ1v) is 6.18. The molecular formula is C13H15FN2O3. The molecule has 0 saturated carbocycles. The summed E-state index contributed by atoms with van der Waals surface area (Å²) in [6.07, 6.45) is 2.58. The first-order valence-electron chi connectivity index (χ1n) is 6.18. The summed E-state index contributed by atoms with van der Waals surface area (Å²) in [6, 6.07) is 2.42. The van der Waals surface area contributed by atoms with Gasteiger partial charge in [-0.15, -0.1) is 0 Å². The fraction of sp³-hybridized carbons (Fsp3) is 0.462. The lowest BCUT2D eigenvalue weighted by molar-refractivity contribution is -0.148. The molecule has 1 aliphatic rings. The molecule has 0 aromatic carbocycles. The Morgan fingerprint density at radius 3 is 2.79 bits per heavy atom. The van der Waals surface area contributed by atoms with E-state index >= 15 is 0 Å². The number of amides is 1. The number of nitrogens with zero attached hydrogens (tertiary/aromatic N) is 2. The number of carbonyl (C=O) groups is 2. The summed E-state index contributed by atoms with van der Waals surface area (Å²) in [5.41, 5.74) is -0.937. The van der Waals surface area contributed by atoms with Crippen molar-refractivity contribution in [2.45, 2.75) is 31.7 Å². The third kappa shape index (κ3) is 2.18. The third-order valence-corrected chi connectivity index (χ3v) is 3.69. The molecule has 1 atom stereocenters. The van der Waals surface area contributed by atoms with E-state index in [1.54, 1.807) is 6.92 Å². The number of hydrogen-bond donors (Lipinski definition) is 1. The molecule has 1 amide bonds. The van der Waals surface area contributed by atoms with Crippen LogP contribution in [0.4, 0.5) is 4.39 Å². The van der Waals surface area contributed by atoms with Crippen LogP contribution in [0.15, 0.2) is 18.3 Å². The number of likely N-dealkylation sites (tertiary alicyclic amines) is 1. The van der Waals surface area contributed by atoms with Crippen molar-refractivity contribution in [1.29, 1.82) is 0 Å². The maximum atomic E-state index is 12.7. The Morgan fingerprint density at radius 2 is 2.26 bits per heavy atom. The van der Waals surface area contributed by atoms with Gasteiger partial charge in [-0.2, -0.15) is 4.39 Å². The molecule has 102 valence electrons. The molecule has 1 aliphatic heterocycles. The third-order valence-electron chi connectivity index (χ3n) is 3.69. The molecule has 6 heteroatoms. The van der Waals surface area contributed by atoms with Crippen LogP contribution < -0.4 is 0 Å². The van der Waals surface area contributed by atoms with Crippen LogP contribution in [0.25, 0.3) is 0 Å². The van der Waals surface area contributed by atoms with Crippen LogP contribution in [0.5, 0.6) is 0 Å². The minimum absolute atomic E-state index is 0.211. The average molecular weight is 266 g/mol. The maximum Gasteiger partial charge on any atom is 0.329 e. The van der Waals surface area contributed by atoms with Gasteiger partial charge in [0, 0.05) is 12.7 Å². The van der Waals surface area contributed by atoms with Crippen LogP contribution in [0.1, 0.15) is 36.5 Å². The highest BCUT2D eigenvalue weighted by Crippen LogP contribution is 2.33. The smallest absolute Gasteiger partial charge is 0.329 e. The molecule has 0 spiro atoms. The van der Waals surface area contributed by atoms with Crippen molar-refractivity contribution in [2.75, 3.05) is 6.54 Å². The van der Waals surface area contributed by atoms with E-state index in [0.717, 1.165) is 12.3 Å². The second-order valence-corrected chi connectivity index (χ2v) is 4.62. The molecule has 0 aliphatic carbocycles. The van der Waals surface area contributed by atoms with Gasteiger partial charge in [-0.25, -0.2) is 9.78 Å². The minimum Gasteiger partial charge on any atom is -0.479 e. The first kappa shape index (κ1) is 13.5. The van der Waals surface area contributed by atoms with Gasteiger partial charge in [0.2, 0.25) is 5.95 Å². The Hall–Kier alpha value is -1.98. The Bertz CT molecular complexity index is 503. The largest absolute Gasteiger partial charge is 0.479 e. The molecule has 1 fully saturated rings. The van der Waals surface area contributed by atoms with Crippen molar-refractivity contribution in [3.63, 3.8) is 0 Å². The summed E-state index contributed by atoms with van der Waals surface area (Å²) < 4.78 is 12.7. The second kappa shape index (κ2) is 4.95. The standard InChI is InChI=1S/C13H15FN2O3/c1-2-13(12(18)19)6-3-7-16(13)11(17)9-4-5-10(14)15-8-9/h4-5,8H,2-3,6-7H2,1H3,(H,18,19). The van der Waals surface area contributed by atoms with Crippen molar-refractivity contribution in [3.8, 4) is 0 Å². The molecule has 0 bridgehead atoms. The molecular weight excluding hydrogens is 251 g/mol. The van der Waals surface area contributed by atoms with Crippen LogP contribution in [-0.2, 0) is 4.79 Å². The van der Waals surface area contributed by atoms with E-state index in [0.29, 0.717) is 25.8 Å². The summed E-state index contributed by atoms with van der Waals surface area (Å²) in [7, 11) is 0. The van der Waals surface area contributed by atoms with E-state index in [1.165, 1.54) is 11.0 Å². The molecule has 2 heterocycles. The summed E-state index contributed by atoms with van der Waals surface area (Å²) in [6.45, 7) is 2.15. The number of carboxylic acid groups (broad SMARTS) is 1. The second-order valence-electron chi connectivity index (χ2n) is 4.62. The molecule has 2 rings (SSSR count). The first-order chi connectivity index (χ1) is 9.01. The van der Waals surface area contributed by atoms with Gasteiger partial charge in [0.1, 0.15) is 5.54 Å². The average Bonchev–Trinajstić information content (AvgIpc) is 2.83. The SMILES string of the molecule is CCC1(C(=O)O)CCCN1C(=O)c1ccc(F)nc1. The Balaban J connectivity index is 2.32. The van der Waals surface area contributed by atoms with Gasteiger partial charge in [-0.1, -0.05) is 6.92 Å². The molecule has 19 heavy (non-hydrogen) atoms. The predicted octanol–water partition coefficient (Wildman–Crippen LogP) is 1.69. The summed E-state index contributed by atoms with van der Waals surface area (Å²) in [4.78, 5) is 28.6. The number of carboxylic acids is 1. The predicted molar refractivity (Wildman–Crippen MR) is 65.1 cm³/mol. The number of hydrogen-bond acceptors (Lipinski definition) is 3. The summed E-state index contributed by atoms with van der Waals surface area (Å²) in [5.74, 6) is -2.07. The van der Waals surface area contributed by atoms with E-state index in [1.807, 2.05) is 0 Å². The zero-order chi connectivity index (χ0) is 14.0. The van der Waals surface area contributed by atoms with Crippen molar-refractivity contribution in [1.82, 2.24) is 9.88 Å². The summed E-state index contributed by atoms with van der Waals surface area (Å²) in [5, 5.41) is 9.40. The molecule has 1 saturated heterocycles. The molecule has 1 unspecified atom stereocenters. The van der Waals surface area contributed by atoms with E-state index < -0.39 is 23.4 Å². The van der Waals surface area contributed by atoms with Crippen molar-refractivity contribution in [2.24, 2.45) is 0 Å². The van der Waals surface area contributed by atoms with Gasteiger partial charge in [0.05, 0.1) is 5.56 Å². The van der Waals surface area contributed by atoms with Crippen molar-refractivity contribution in [3.05, 3.63) is 29.8 Å². The van der Waals surface area contributed by atoms with Crippen LogP contribution in [0.3, 0.4) is 0 Å². The molecule has 0 radical (unpaired) electrons. The minimum atomic E-state index is -1.15. The van der Waals surface area contributed by atoms with Gasteiger partial charge in [-0.3, -0.25) is 4.79 Å². The number of carbonyl (C=O) groups excluding carboxylic acids is 1. The van der Waals surface area contributed by atoms with Gasteiger partial charge >= 0.3 is 5.97 Å². The molecule has 1 aromatic rings. The lowest BCUT2D eigenvalue weighted by Gasteiger charge is -2.33. The Morgan fingerprint density at radius 1 is 1.53 bits per heavy atom. The topological polar surface area (TPSA) is 70.5 Å². The van der Waals surface area contributed by atoms with Gasteiger partial charge in [0.15, 0.2) is 0 Å². The lowest BCUT2D eigenvalue weighted by atomic mass is 9.92. The normalized spacial score (nSPS) is 22.5. The van der Waals surface area contributed by atoms with E-state index in [9.17, 15) is 19.1 Å². The van der Waals surface area contributed by atoms with Crippen LogP contribution in [0, 0.1) is 5.95 Å². The number of aliphatic carboxylic acids is 1. The lowest BCUT2D eigenvalue weighted by Crippen LogP contribution is -2.52. The fourth-order valence-electron chi connectivity index (χ4n) is 2.57. The fourth-order valence-corrected chi connectivity index (χ4v) is 2.57. The van der Waals surface area contributed by atoms with E-state index in [2.05, 4.69) is 4.98 Å². The van der Waals surface area contributed by atoms with E-state index in [-0.39, 0.29) is 5.56 Å². The maximum absolute atomic E-state index is 12.7. The number of aromatic nitrogens is 1. The Labute approximate surface area is 110 Å². The zero-order valence-corrected chi connectivity index (χ0v) is 10.6. The number of pyridine rings is 1. The molecule has 1 aromatic heterocycles. The quantitative estimate of drug-likeness (QED) is 0.845. The van der Waals surface area contributed by atoms with Crippen LogP contribution in [-0.4, -0.2) is 39.0 Å². The van der Waals surface area contributed by atoms with Crippen LogP contribution >= 0.6 is 0 Å². The van der Waals surface area contributed by atoms with Gasteiger partial charge in [0.25, 0.3) is 5.91 Å². The van der Waals surface area contributed by atoms with Crippen molar-refractivity contribution < 1.29 is 19.1 Å². The zero-order valence-electron chi connectivity index (χ0n) is 10.6. The highest BCUT2D eigenvalue weighted by molar-refractivity contribution is 5.98. The molecule has 5 nitrogen and oxygen atoms in total.